The predicted octanol–water partition coefficient (Wildman–Crippen LogP) is 2.74. The second-order valence-corrected chi connectivity index (χ2v) is 8.21. The lowest BCUT2D eigenvalue weighted by Gasteiger charge is -2.23. The Balaban J connectivity index is 1.73. The summed E-state index contributed by atoms with van der Waals surface area (Å²) in [5.74, 6) is -0.836. The fourth-order valence-corrected chi connectivity index (χ4v) is 4.73. The molecule has 0 aromatic heterocycles. The Labute approximate surface area is 153 Å². The number of sulfonamides is 1. The highest BCUT2D eigenvalue weighted by Crippen LogP contribution is 2.20. The summed E-state index contributed by atoms with van der Waals surface area (Å²) in [6, 6.07) is 15.4. The molecule has 1 aliphatic heterocycles. The van der Waals surface area contributed by atoms with E-state index in [0.717, 1.165) is 24.7 Å². The molecular weight excluding hydrogens is 353 g/mol. The van der Waals surface area contributed by atoms with Gasteiger partial charge in [-0.05, 0) is 36.2 Å². The Morgan fingerprint density at radius 3 is 2.54 bits per heavy atom. The van der Waals surface area contributed by atoms with Crippen molar-refractivity contribution in [3.63, 3.8) is 0 Å². The van der Waals surface area contributed by atoms with Gasteiger partial charge in [0.15, 0.2) is 0 Å². The fraction of sp³-hybridized carbons (Fsp3) is 0.316. The molecule has 0 amide bonds. The van der Waals surface area contributed by atoms with Crippen LogP contribution in [0.25, 0.3) is 0 Å². The maximum atomic E-state index is 13.3. The molecule has 1 fully saturated rings. The summed E-state index contributed by atoms with van der Waals surface area (Å²) in [5.41, 5.74) is 1.48. The van der Waals surface area contributed by atoms with Gasteiger partial charge in [0.2, 0.25) is 10.0 Å². The van der Waals surface area contributed by atoms with E-state index in [9.17, 15) is 12.8 Å². The van der Waals surface area contributed by atoms with Crippen LogP contribution >= 0.6 is 0 Å². The molecule has 0 aliphatic carbocycles. The molecule has 0 N–H and O–H groups in total. The predicted molar refractivity (Wildman–Crippen MR) is 98.6 cm³/mol. The molecule has 0 bridgehead atoms. The average molecular weight is 373 g/mol. The van der Waals surface area contributed by atoms with Gasteiger partial charge in [-0.2, -0.15) is 9.57 Å². The molecule has 0 saturated carbocycles. The summed E-state index contributed by atoms with van der Waals surface area (Å²) >= 11 is 0. The molecule has 2 aromatic rings. The smallest absolute Gasteiger partial charge is 0.218 e. The number of para-hydroxylation sites is 1. The van der Waals surface area contributed by atoms with Crippen LogP contribution in [0.3, 0.4) is 0 Å². The lowest BCUT2D eigenvalue weighted by molar-refractivity contribution is 0.432. The molecule has 0 atom stereocenters. The molecule has 26 heavy (non-hydrogen) atoms. The number of halogens is 1. The fourth-order valence-electron chi connectivity index (χ4n) is 3.14. The molecule has 7 heteroatoms. The average Bonchev–Trinajstić information content (AvgIpc) is 2.90. The van der Waals surface area contributed by atoms with E-state index < -0.39 is 15.8 Å². The van der Waals surface area contributed by atoms with E-state index in [1.165, 1.54) is 16.4 Å². The number of anilines is 1. The molecule has 0 unspecified atom stereocenters. The zero-order valence-electron chi connectivity index (χ0n) is 14.3. The zero-order valence-corrected chi connectivity index (χ0v) is 15.1. The van der Waals surface area contributed by atoms with Crippen molar-refractivity contribution in [1.82, 2.24) is 4.31 Å². The molecule has 0 spiro atoms. The van der Waals surface area contributed by atoms with Crippen LogP contribution in [0.1, 0.15) is 17.5 Å². The Kier molecular flexibility index (Phi) is 5.55. The van der Waals surface area contributed by atoms with Gasteiger partial charge in [-0.25, -0.2) is 12.8 Å². The minimum atomic E-state index is -3.58. The highest BCUT2D eigenvalue weighted by Gasteiger charge is 2.26. The van der Waals surface area contributed by atoms with Crippen molar-refractivity contribution in [1.29, 1.82) is 5.26 Å². The number of hydrogen-bond donors (Lipinski definition) is 0. The van der Waals surface area contributed by atoms with Crippen LogP contribution in [0.5, 0.6) is 0 Å². The van der Waals surface area contributed by atoms with E-state index in [4.69, 9.17) is 5.26 Å². The van der Waals surface area contributed by atoms with Crippen LogP contribution < -0.4 is 4.90 Å². The second-order valence-electron chi connectivity index (χ2n) is 6.24. The molecule has 136 valence electrons. The van der Waals surface area contributed by atoms with Gasteiger partial charge in [0.1, 0.15) is 5.82 Å². The number of nitrogens with zero attached hydrogens (tertiary/aromatic N) is 3. The van der Waals surface area contributed by atoms with Crippen LogP contribution in [0.2, 0.25) is 0 Å². The second kappa shape index (κ2) is 7.85. The first-order valence-corrected chi connectivity index (χ1v) is 10.1. The monoisotopic (exact) mass is 373 g/mol. The summed E-state index contributed by atoms with van der Waals surface area (Å²) in [7, 11) is -3.58. The van der Waals surface area contributed by atoms with Gasteiger partial charge in [0.05, 0.1) is 17.4 Å². The summed E-state index contributed by atoms with van der Waals surface area (Å²) < 4.78 is 40.4. The van der Waals surface area contributed by atoms with E-state index in [-0.39, 0.29) is 11.3 Å². The van der Waals surface area contributed by atoms with E-state index in [1.807, 2.05) is 36.4 Å². The van der Waals surface area contributed by atoms with Crippen LogP contribution in [0.15, 0.2) is 48.5 Å². The first-order chi connectivity index (χ1) is 12.5. The molecule has 5 nitrogen and oxygen atoms in total. The van der Waals surface area contributed by atoms with Crippen molar-refractivity contribution in [3.8, 4) is 6.07 Å². The minimum Gasteiger partial charge on any atom is -0.370 e. The summed E-state index contributed by atoms with van der Waals surface area (Å²) in [6.45, 7) is 2.23. The Morgan fingerprint density at radius 1 is 1.04 bits per heavy atom. The Hall–Kier alpha value is -2.43. The van der Waals surface area contributed by atoms with E-state index in [0.29, 0.717) is 25.2 Å². The number of rotatable bonds is 4. The Bertz CT molecular complexity index is 910. The number of nitriles is 1. The quantitative estimate of drug-likeness (QED) is 0.827. The first-order valence-electron chi connectivity index (χ1n) is 8.46. The van der Waals surface area contributed by atoms with Crippen molar-refractivity contribution in [2.24, 2.45) is 0 Å². The molecule has 1 aliphatic rings. The third-order valence-corrected chi connectivity index (χ3v) is 6.33. The highest BCUT2D eigenvalue weighted by atomic mass is 32.2. The molecule has 2 aromatic carbocycles. The highest BCUT2D eigenvalue weighted by molar-refractivity contribution is 7.88. The topological polar surface area (TPSA) is 64.4 Å². The van der Waals surface area contributed by atoms with Crippen LogP contribution in [0.4, 0.5) is 10.1 Å². The Morgan fingerprint density at radius 2 is 1.81 bits per heavy atom. The minimum absolute atomic E-state index is 0.0642. The van der Waals surface area contributed by atoms with Gasteiger partial charge in [-0.1, -0.05) is 24.3 Å². The molecular formula is C19H20FN3O2S. The number of benzene rings is 2. The summed E-state index contributed by atoms with van der Waals surface area (Å²) in [6.07, 6.45) is 0.725. The van der Waals surface area contributed by atoms with Gasteiger partial charge >= 0.3 is 0 Å². The van der Waals surface area contributed by atoms with E-state index in [2.05, 4.69) is 4.90 Å². The molecule has 3 rings (SSSR count). The maximum absolute atomic E-state index is 13.3. The molecule has 0 radical (unpaired) electrons. The van der Waals surface area contributed by atoms with Crippen molar-refractivity contribution in [2.75, 3.05) is 31.1 Å². The largest absolute Gasteiger partial charge is 0.370 e. The van der Waals surface area contributed by atoms with Crippen LogP contribution in [-0.2, 0) is 15.8 Å². The number of hydrogen-bond acceptors (Lipinski definition) is 4. The van der Waals surface area contributed by atoms with Crippen molar-refractivity contribution in [3.05, 3.63) is 65.5 Å². The summed E-state index contributed by atoms with van der Waals surface area (Å²) in [4.78, 5) is 2.17. The third kappa shape index (κ3) is 4.21. The lowest BCUT2D eigenvalue weighted by atomic mass is 10.1. The van der Waals surface area contributed by atoms with E-state index in [1.54, 1.807) is 0 Å². The molecule has 1 saturated heterocycles. The van der Waals surface area contributed by atoms with Crippen molar-refractivity contribution >= 4 is 15.7 Å². The SMILES string of the molecule is N#Cc1cc(F)ccc1CS(=O)(=O)N1CCCN(c2ccccc2)CC1. The van der Waals surface area contributed by atoms with Crippen molar-refractivity contribution < 1.29 is 12.8 Å². The normalized spacial score (nSPS) is 16.1. The van der Waals surface area contributed by atoms with Gasteiger partial charge in [-0.3, -0.25) is 0 Å². The van der Waals surface area contributed by atoms with Crippen LogP contribution in [-0.4, -0.2) is 38.9 Å². The van der Waals surface area contributed by atoms with E-state index >= 15 is 0 Å². The van der Waals surface area contributed by atoms with Crippen molar-refractivity contribution in [2.45, 2.75) is 12.2 Å². The lowest BCUT2D eigenvalue weighted by Crippen LogP contribution is -2.36. The van der Waals surface area contributed by atoms with Gasteiger partial charge in [0.25, 0.3) is 0 Å². The zero-order chi connectivity index (χ0) is 18.6. The third-order valence-electron chi connectivity index (χ3n) is 4.50. The standard InChI is InChI=1S/C19H20FN3O2S/c20-18-8-7-16(17(13-18)14-21)15-26(24,25)23-10-4-9-22(11-12-23)19-5-2-1-3-6-19/h1-3,5-8,13H,4,9-12,15H2. The van der Waals surface area contributed by atoms with Gasteiger partial charge in [-0.15, -0.1) is 0 Å². The summed E-state index contributed by atoms with van der Waals surface area (Å²) in [5, 5.41) is 9.12. The van der Waals surface area contributed by atoms with Gasteiger partial charge < -0.3 is 4.90 Å². The maximum Gasteiger partial charge on any atom is 0.218 e. The van der Waals surface area contributed by atoms with Crippen LogP contribution in [0, 0.1) is 17.1 Å². The molecule has 1 heterocycles. The van der Waals surface area contributed by atoms with Gasteiger partial charge in [0, 0.05) is 31.9 Å². The first kappa shape index (κ1) is 18.4.